The highest BCUT2D eigenvalue weighted by molar-refractivity contribution is 5.17. The summed E-state index contributed by atoms with van der Waals surface area (Å²) in [5, 5.41) is 13.0. The van der Waals surface area contributed by atoms with Crippen molar-refractivity contribution in [3.63, 3.8) is 0 Å². The zero-order valence-corrected chi connectivity index (χ0v) is 11.6. The standard InChI is InChI=1S/C16H20N2O2/c17-13-15(18-12-14-4-2-1-3-5-14)6-8-16(9-7-15)19-10-11-20-16/h1-5,18H,6-12H2. The Morgan fingerprint density at radius 1 is 1.05 bits per heavy atom. The van der Waals surface area contributed by atoms with Gasteiger partial charge in [-0.05, 0) is 18.4 Å². The van der Waals surface area contributed by atoms with E-state index in [1.54, 1.807) is 0 Å². The van der Waals surface area contributed by atoms with Crippen LogP contribution in [0.25, 0.3) is 0 Å². The van der Waals surface area contributed by atoms with Crippen LogP contribution >= 0.6 is 0 Å². The first kappa shape index (κ1) is 13.6. The molecule has 2 aliphatic rings. The zero-order valence-electron chi connectivity index (χ0n) is 11.6. The second kappa shape index (κ2) is 5.53. The van der Waals surface area contributed by atoms with Crippen LogP contribution in [0.2, 0.25) is 0 Å². The molecule has 0 radical (unpaired) electrons. The summed E-state index contributed by atoms with van der Waals surface area (Å²) >= 11 is 0. The molecule has 3 rings (SSSR count). The molecule has 106 valence electrons. The van der Waals surface area contributed by atoms with Gasteiger partial charge < -0.3 is 9.47 Å². The maximum Gasteiger partial charge on any atom is 0.168 e. The summed E-state index contributed by atoms with van der Waals surface area (Å²) in [4.78, 5) is 0. The fourth-order valence-corrected chi connectivity index (χ4v) is 3.04. The van der Waals surface area contributed by atoms with E-state index in [1.807, 2.05) is 18.2 Å². The monoisotopic (exact) mass is 272 g/mol. The van der Waals surface area contributed by atoms with Crippen LogP contribution in [-0.2, 0) is 16.0 Å². The van der Waals surface area contributed by atoms with Gasteiger partial charge in [-0.3, -0.25) is 5.32 Å². The van der Waals surface area contributed by atoms with Crippen molar-refractivity contribution in [1.29, 1.82) is 5.26 Å². The summed E-state index contributed by atoms with van der Waals surface area (Å²) in [6, 6.07) is 12.7. The van der Waals surface area contributed by atoms with Crippen molar-refractivity contribution in [3.05, 3.63) is 35.9 Å². The highest BCUT2D eigenvalue weighted by Crippen LogP contribution is 2.40. The van der Waals surface area contributed by atoms with Gasteiger partial charge in [-0.15, -0.1) is 0 Å². The molecule has 1 aliphatic heterocycles. The molecule has 4 heteroatoms. The van der Waals surface area contributed by atoms with Gasteiger partial charge in [-0.2, -0.15) is 5.26 Å². The molecule has 1 aromatic carbocycles. The van der Waals surface area contributed by atoms with E-state index in [0.29, 0.717) is 13.2 Å². The largest absolute Gasteiger partial charge is 0.348 e. The van der Waals surface area contributed by atoms with Crippen molar-refractivity contribution < 1.29 is 9.47 Å². The first-order valence-corrected chi connectivity index (χ1v) is 7.24. The highest BCUT2D eigenvalue weighted by Gasteiger charge is 2.46. The Bertz CT molecular complexity index is 479. The lowest BCUT2D eigenvalue weighted by atomic mass is 9.79. The third-order valence-corrected chi connectivity index (χ3v) is 4.37. The van der Waals surface area contributed by atoms with Crippen LogP contribution < -0.4 is 5.32 Å². The van der Waals surface area contributed by atoms with Crippen LogP contribution in [-0.4, -0.2) is 24.5 Å². The van der Waals surface area contributed by atoms with Gasteiger partial charge in [0.15, 0.2) is 5.79 Å². The van der Waals surface area contributed by atoms with E-state index in [2.05, 4.69) is 23.5 Å². The minimum Gasteiger partial charge on any atom is -0.348 e. The maximum absolute atomic E-state index is 9.56. The van der Waals surface area contributed by atoms with Crippen LogP contribution in [0, 0.1) is 11.3 Å². The highest BCUT2D eigenvalue weighted by atomic mass is 16.7. The van der Waals surface area contributed by atoms with Crippen molar-refractivity contribution in [1.82, 2.24) is 5.32 Å². The third-order valence-electron chi connectivity index (χ3n) is 4.37. The smallest absolute Gasteiger partial charge is 0.168 e. The van der Waals surface area contributed by atoms with Gasteiger partial charge in [0.05, 0.1) is 19.3 Å². The lowest BCUT2D eigenvalue weighted by molar-refractivity contribution is -0.183. The molecule has 1 spiro atoms. The predicted molar refractivity (Wildman–Crippen MR) is 74.7 cm³/mol. The quantitative estimate of drug-likeness (QED) is 0.917. The molecule has 20 heavy (non-hydrogen) atoms. The first-order valence-electron chi connectivity index (χ1n) is 7.24. The van der Waals surface area contributed by atoms with E-state index in [0.717, 1.165) is 32.2 Å². The fraction of sp³-hybridized carbons (Fsp3) is 0.562. The van der Waals surface area contributed by atoms with Crippen molar-refractivity contribution in [2.24, 2.45) is 0 Å². The molecular formula is C16H20N2O2. The Hall–Kier alpha value is -1.41. The molecular weight excluding hydrogens is 252 g/mol. The summed E-state index contributed by atoms with van der Waals surface area (Å²) in [5.41, 5.74) is 0.756. The van der Waals surface area contributed by atoms with Crippen molar-refractivity contribution in [3.8, 4) is 6.07 Å². The molecule has 4 nitrogen and oxygen atoms in total. The summed E-state index contributed by atoms with van der Waals surface area (Å²) in [5.74, 6) is -0.408. The van der Waals surface area contributed by atoms with Crippen LogP contribution in [0.1, 0.15) is 31.2 Å². The zero-order chi connectivity index (χ0) is 13.9. The van der Waals surface area contributed by atoms with Crippen molar-refractivity contribution >= 4 is 0 Å². The van der Waals surface area contributed by atoms with Crippen LogP contribution in [0.15, 0.2) is 30.3 Å². The maximum atomic E-state index is 9.56. The lowest BCUT2D eigenvalue weighted by Crippen LogP contribution is -2.51. The average Bonchev–Trinajstić information content (AvgIpc) is 2.97. The van der Waals surface area contributed by atoms with Crippen molar-refractivity contribution in [2.75, 3.05) is 13.2 Å². The van der Waals surface area contributed by atoms with Gasteiger partial charge in [0, 0.05) is 19.4 Å². The third kappa shape index (κ3) is 2.71. The van der Waals surface area contributed by atoms with Gasteiger partial charge in [0.1, 0.15) is 5.54 Å². The molecule has 0 aromatic heterocycles. The molecule has 0 bridgehead atoms. The molecule has 0 atom stereocenters. The van der Waals surface area contributed by atoms with Crippen LogP contribution in [0.5, 0.6) is 0 Å². The Labute approximate surface area is 119 Å². The Morgan fingerprint density at radius 2 is 1.70 bits per heavy atom. The number of ether oxygens (including phenoxy) is 2. The van der Waals surface area contributed by atoms with Crippen LogP contribution in [0.3, 0.4) is 0 Å². The number of hydrogen-bond donors (Lipinski definition) is 1. The Balaban J connectivity index is 1.61. The fourth-order valence-electron chi connectivity index (χ4n) is 3.04. The minimum atomic E-state index is -0.448. The molecule has 0 amide bonds. The molecule has 1 aromatic rings. The molecule has 2 fully saturated rings. The second-order valence-electron chi connectivity index (χ2n) is 5.64. The predicted octanol–water partition coefficient (Wildman–Crippen LogP) is 2.36. The molecule has 1 heterocycles. The topological polar surface area (TPSA) is 54.3 Å². The summed E-state index contributed by atoms with van der Waals surface area (Å²) < 4.78 is 11.4. The number of nitriles is 1. The normalized spacial score (nSPS) is 23.6. The number of nitrogens with zero attached hydrogens (tertiary/aromatic N) is 1. The summed E-state index contributed by atoms with van der Waals surface area (Å²) in [6.45, 7) is 2.08. The van der Waals surface area contributed by atoms with E-state index in [9.17, 15) is 5.26 Å². The number of hydrogen-bond acceptors (Lipinski definition) is 4. The van der Waals surface area contributed by atoms with Crippen molar-refractivity contribution in [2.45, 2.75) is 43.6 Å². The SMILES string of the molecule is N#CC1(NCc2ccccc2)CCC2(CC1)OCCO2. The van der Waals surface area contributed by atoms with Gasteiger partial charge in [0.2, 0.25) is 0 Å². The number of benzene rings is 1. The average molecular weight is 272 g/mol. The minimum absolute atomic E-state index is 0.408. The number of nitrogens with one attached hydrogen (secondary N) is 1. The van der Waals surface area contributed by atoms with Gasteiger partial charge in [-0.25, -0.2) is 0 Å². The van der Waals surface area contributed by atoms with Gasteiger partial charge in [-0.1, -0.05) is 30.3 Å². The lowest BCUT2D eigenvalue weighted by Gasteiger charge is -2.40. The van der Waals surface area contributed by atoms with E-state index in [1.165, 1.54) is 5.56 Å². The van der Waals surface area contributed by atoms with E-state index in [4.69, 9.17) is 9.47 Å². The molecule has 1 saturated carbocycles. The molecule has 1 aliphatic carbocycles. The van der Waals surface area contributed by atoms with E-state index < -0.39 is 11.3 Å². The second-order valence-corrected chi connectivity index (χ2v) is 5.64. The first-order chi connectivity index (χ1) is 9.76. The molecule has 1 N–H and O–H groups in total. The Morgan fingerprint density at radius 3 is 2.30 bits per heavy atom. The van der Waals surface area contributed by atoms with E-state index in [-0.39, 0.29) is 0 Å². The van der Waals surface area contributed by atoms with Crippen LogP contribution in [0.4, 0.5) is 0 Å². The Kier molecular flexibility index (Phi) is 3.75. The summed E-state index contributed by atoms with van der Waals surface area (Å²) in [7, 11) is 0. The summed E-state index contributed by atoms with van der Waals surface area (Å²) in [6.07, 6.45) is 3.14. The van der Waals surface area contributed by atoms with Gasteiger partial charge >= 0.3 is 0 Å². The number of rotatable bonds is 3. The molecule has 0 unspecified atom stereocenters. The van der Waals surface area contributed by atoms with Gasteiger partial charge in [0.25, 0.3) is 0 Å². The molecule has 1 saturated heterocycles. The van der Waals surface area contributed by atoms with E-state index >= 15 is 0 Å².